The predicted octanol–water partition coefficient (Wildman–Crippen LogP) is 2.09. The summed E-state index contributed by atoms with van der Waals surface area (Å²) in [6, 6.07) is 3.18. The van der Waals surface area contributed by atoms with Gasteiger partial charge in [0.2, 0.25) is 0 Å². The fourth-order valence-corrected chi connectivity index (χ4v) is 2.54. The van der Waals surface area contributed by atoms with E-state index in [1.807, 2.05) is 4.57 Å². The van der Waals surface area contributed by atoms with Gasteiger partial charge < -0.3 is 14.4 Å². The highest BCUT2D eigenvalue weighted by Gasteiger charge is 2.22. The molecule has 0 aliphatic carbocycles. The van der Waals surface area contributed by atoms with E-state index >= 15 is 0 Å². The third-order valence-electron chi connectivity index (χ3n) is 3.60. The molecular weight excluding hydrogens is 294 g/mol. The van der Waals surface area contributed by atoms with Crippen LogP contribution in [-0.2, 0) is 17.7 Å². The number of pyridine rings is 1. The minimum Gasteiger partial charge on any atom is -0.477 e. The number of carbonyl (C=O) groups is 1. The molecule has 112 valence electrons. The maximum Gasteiger partial charge on any atom is 0.354 e. The fraction of sp³-hybridized carbons (Fsp3) is 0.500. The second kappa shape index (κ2) is 5.99. The number of aryl methyl sites for hydroxylation is 1. The van der Waals surface area contributed by atoms with Gasteiger partial charge in [-0.15, -0.1) is 11.6 Å². The van der Waals surface area contributed by atoms with Crippen LogP contribution in [0.5, 0.6) is 0 Å². The molecule has 1 aliphatic rings. The first-order valence-electron chi connectivity index (χ1n) is 6.96. The predicted molar refractivity (Wildman–Crippen MR) is 77.9 cm³/mol. The molecule has 0 spiro atoms. The summed E-state index contributed by atoms with van der Waals surface area (Å²) in [4.78, 5) is 19.9. The molecule has 21 heavy (non-hydrogen) atoms. The van der Waals surface area contributed by atoms with Crippen molar-refractivity contribution in [3.05, 3.63) is 23.7 Å². The first-order chi connectivity index (χ1) is 10.2. The quantitative estimate of drug-likeness (QED) is 0.827. The van der Waals surface area contributed by atoms with Crippen molar-refractivity contribution in [1.29, 1.82) is 0 Å². The van der Waals surface area contributed by atoms with Gasteiger partial charge in [0.25, 0.3) is 0 Å². The molecule has 0 amide bonds. The van der Waals surface area contributed by atoms with Crippen LogP contribution in [0.25, 0.3) is 11.2 Å². The number of ether oxygens (including phenoxy) is 1. The molecule has 3 heterocycles. The number of carboxylic acid groups (broad SMARTS) is 1. The molecule has 1 fully saturated rings. The van der Waals surface area contributed by atoms with Crippen LogP contribution in [-0.4, -0.2) is 44.2 Å². The number of rotatable bonds is 6. The molecule has 0 bridgehead atoms. The number of hydrogen-bond acceptors (Lipinski definition) is 4. The Kier molecular flexibility index (Phi) is 4.07. The van der Waals surface area contributed by atoms with Gasteiger partial charge in [-0.05, 0) is 25.0 Å². The minimum atomic E-state index is -1.04. The zero-order chi connectivity index (χ0) is 14.8. The molecule has 0 saturated carbocycles. The van der Waals surface area contributed by atoms with E-state index in [4.69, 9.17) is 21.4 Å². The average Bonchev–Trinajstić information content (AvgIpc) is 2.77. The number of aromatic nitrogens is 3. The molecule has 0 radical (unpaired) electrons. The normalized spacial score (nSPS) is 17.9. The zero-order valence-corrected chi connectivity index (χ0v) is 12.2. The van der Waals surface area contributed by atoms with Crippen LogP contribution in [0.2, 0.25) is 0 Å². The number of alkyl halides is 1. The van der Waals surface area contributed by atoms with Crippen LogP contribution in [0.4, 0.5) is 0 Å². The van der Waals surface area contributed by atoms with Gasteiger partial charge in [0, 0.05) is 18.9 Å². The maximum atomic E-state index is 11.1. The lowest BCUT2D eigenvalue weighted by Crippen LogP contribution is -2.32. The Morgan fingerprint density at radius 2 is 2.29 bits per heavy atom. The van der Waals surface area contributed by atoms with Crippen LogP contribution in [0.1, 0.15) is 29.2 Å². The van der Waals surface area contributed by atoms with E-state index in [-0.39, 0.29) is 11.8 Å². The highest BCUT2D eigenvalue weighted by atomic mass is 35.5. The Morgan fingerprint density at radius 1 is 1.48 bits per heavy atom. The van der Waals surface area contributed by atoms with E-state index in [2.05, 4.69) is 9.97 Å². The molecule has 2 aromatic rings. The lowest BCUT2D eigenvalue weighted by molar-refractivity contribution is -0.0590. The summed E-state index contributed by atoms with van der Waals surface area (Å²) in [7, 11) is 0. The third-order valence-corrected chi connectivity index (χ3v) is 3.87. The van der Waals surface area contributed by atoms with Crippen LogP contribution < -0.4 is 0 Å². The topological polar surface area (TPSA) is 77.2 Å². The molecule has 3 rings (SSSR count). The molecule has 1 N–H and O–H groups in total. The fourth-order valence-electron chi connectivity index (χ4n) is 2.41. The van der Waals surface area contributed by atoms with Crippen LogP contribution in [0, 0.1) is 0 Å². The SMILES string of the molecule is O=C(O)c1ccc2nc(CCCCl)n(C[C@@H]3CCO3)c2n1. The second-order valence-corrected chi connectivity index (χ2v) is 5.43. The van der Waals surface area contributed by atoms with E-state index in [0.717, 1.165) is 31.7 Å². The molecule has 1 saturated heterocycles. The standard InChI is InChI=1S/C14H16ClN3O3/c15-6-1-2-12-16-10-3-4-11(14(19)20)17-13(10)18(12)8-9-5-7-21-9/h3-4,9H,1-2,5-8H2,(H,19,20)/t9-/m0/s1. The van der Waals surface area contributed by atoms with Crippen LogP contribution in [0.3, 0.4) is 0 Å². The second-order valence-electron chi connectivity index (χ2n) is 5.06. The van der Waals surface area contributed by atoms with Crippen molar-refractivity contribution in [2.45, 2.75) is 31.9 Å². The molecule has 2 aromatic heterocycles. The Morgan fingerprint density at radius 3 is 2.90 bits per heavy atom. The summed E-state index contributed by atoms with van der Waals surface area (Å²) in [6.45, 7) is 1.44. The van der Waals surface area contributed by atoms with Gasteiger partial charge in [-0.25, -0.2) is 14.8 Å². The Hall–Kier alpha value is -1.66. The Labute approximate surface area is 126 Å². The van der Waals surface area contributed by atoms with Gasteiger partial charge in [0.05, 0.1) is 12.6 Å². The monoisotopic (exact) mass is 309 g/mol. The van der Waals surface area contributed by atoms with E-state index < -0.39 is 5.97 Å². The van der Waals surface area contributed by atoms with Gasteiger partial charge in [-0.1, -0.05) is 0 Å². The number of halogens is 1. The van der Waals surface area contributed by atoms with Crippen molar-refractivity contribution in [2.24, 2.45) is 0 Å². The van der Waals surface area contributed by atoms with Crippen molar-refractivity contribution in [3.8, 4) is 0 Å². The molecule has 1 atom stereocenters. The smallest absolute Gasteiger partial charge is 0.354 e. The number of hydrogen-bond donors (Lipinski definition) is 1. The number of nitrogens with zero attached hydrogens (tertiary/aromatic N) is 3. The molecule has 0 unspecified atom stereocenters. The minimum absolute atomic E-state index is 0.0297. The highest BCUT2D eigenvalue weighted by molar-refractivity contribution is 6.17. The number of imidazole rings is 1. The van der Waals surface area contributed by atoms with Gasteiger partial charge >= 0.3 is 5.97 Å². The first kappa shape index (κ1) is 14.3. The molecule has 7 heteroatoms. The summed E-state index contributed by atoms with van der Waals surface area (Å²) in [5, 5.41) is 9.09. The lowest BCUT2D eigenvalue weighted by atomic mass is 10.2. The number of carboxylic acids is 1. The summed E-state index contributed by atoms with van der Waals surface area (Å²) < 4.78 is 7.44. The third kappa shape index (κ3) is 2.87. The largest absolute Gasteiger partial charge is 0.477 e. The Balaban J connectivity index is 2.02. The molecule has 6 nitrogen and oxygen atoms in total. The Bertz CT molecular complexity index is 667. The molecular formula is C14H16ClN3O3. The van der Waals surface area contributed by atoms with Crippen molar-refractivity contribution in [2.75, 3.05) is 12.5 Å². The summed E-state index contributed by atoms with van der Waals surface area (Å²) in [5.74, 6) is 0.416. The van der Waals surface area contributed by atoms with Crippen molar-refractivity contribution in [1.82, 2.24) is 14.5 Å². The zero-order valence-electron chi connectivity index (χ0n) is 11.5. The first-order valence-corrected chi connectivity index (χ1v) is 7.49. The number of fused-ring (bicyclic) bond motifs is 1. The van der Waals surface area contributed by atoms with Gasteiger partial charge in [-0.2, -0.15) is 0 Å². The average molecular weight is 310 g/mol. The maximum absolute atomic E-state index is 11.1. The van der Waals surface area contributed by atoms with E-state index in [1.165, 1.54) is 6.07 Å². The van der Waals surface area contributed by atoms with Gasteiger partial charge in [0.15, 0.2) is 11.3 Å². The summed E-state index contributed by atoms with van der Waals surface area (Å²) in [5.41, 5.74) is 1.35. The van der Waals surface area contributed by atoms with Crippen molar-refractivity contribution < 1.29 is 14.6 Å². The summed E-state index contributed by atoms with van der Waals surface area (Å²) in [6.07, 6.45) is 2.73. The summed E-state index contributed by atoms with van der Waals surface area (Å²) >= 11 is 5.76. The van der Waals surface area contributed by atoms with Gasteiger partial charge in [-0.3, -0.25) is 0 Å². The van der Waals surface area contributed by atoms with Crippen LogP contribution in [0.15, 0.2) is 12.1 Å². The van der Waals surface area contributed by atoms with E-state index in [1.54, 1.807) is 6.07 Å². The van der Waals surface area contributed by atoms with Crippen LogP contribution >= 0.6 is 11.6 Å². The van der Waals surface area contributed by atoms with E-state index in [9.17, 15) is 4.79 Å². The van der Waals surface area contributed by atoms with Crippen molar-refractivity contribution >= 4 is 28.7 Å². The molecule has 1 aliphatic heterocycles. The highest BCUT2D eigenvalue weighted by Crippen LogP contribution is 2.21. The van der Waals surface area contributed by atoms with E-state index in [0.29, 0.717) is 23.6 Å². The lowest BCUT2D eigenvalue weighted by Gasteiger charge is -2.27. The molecule has 0 aromatic carbocycles. The number of aromatic carboxylic acids is 1. The van der Waals surface area contributed by atoms with Crippen molar-refractivity contribution in [3.63, 3.8) is 0 Å². The van der Waals surface area contributed by atoms with Gasteiger partial charge in [0.1, 0.15) is 11.3 Å².